The van der Waals surface area contributed by atoms with Crippen molar-refractivity contribution in [3.63, 3.8) is 0 Å². The lowest BCUT2D eigenvalue weighted by Gasteiger charge is -2.42. The molecule has 0 radical (unpaired) electrons. The fraction of sp³-hybridized carbons (Fsp3) is 0.552. The molecule has 2 aliphatic heterocycles. The van der Waals surface area contributed by atoms with E-state index >= 15 is 0 Å². The third kappa shape index (κ3) is 6.75. The minimum atomic E-state index is -0.627. The second-order valence-corrected chi connectivity index (χ2v) is 10.9. The zero-order chi connectivity index (χ0) is 30.6. The van der Waals surface area contributed by atoms with Gasteiger partial charge < -0.3 is 34.6 Å². The number of anilines is 1. The first kappa shape index (κ1) is 30.3. The van der Waals surface area contributed by atoms with E-state index in [4.69, 9.17) is 24.7 Å². The highest BCUT2D eigenvalue weighted by molar-refractivity contribution is 6.04. The number of hydrogen-bond acceptors (Lipinski definition) is 9. The number of amides is 3. The van der Waals surface area contributed by atoms with E-state index in [-0.39, 0.29) is 29.1 Å². The van der Waals surface area contributed by atoms with Crippen LogP contribution in [-0.2, 0) is 27.3 Å². The van der Waals surface area contributed by atoms with Gasteiger partial charge in [-0.05, 0) is 51.3 Å². The molecule has 1 unspecified atom stereocenters. The van der Waals surface area contributed by atoms with E-state index in [1.165, 1.54) is 7.11 Å². The van der Waals surface area contributed by atoms with Gasteiger partial charge in [0.05, 0.1) is 30.5 Å². The van der Waals surface area contributed by atoms with Crippen LogP contribution in [0, 0.1) is 6.92 Å². The molecule has 3 aromatic rings. The molecular formula is C29H39N7O7. The number of hydrogen-bond donors (Lipinski definition) is 3. The number of aromatic nitrogens is 4. The van der Waals surface area contributed by atoms with Gasteiger partial charge in [-0.25, -0.2) is 9.78 Å². The first-order chi connectivity index (χ1) is 20.7. The van der Waals surface area contributed by atoms with Crippen LogP contribution in [0.1, 0.15) is 65.6 Å². The monoisotopic (exact) mass is 597 g/mol. The average molecular weight is 598 g/mol. The molecule has 4 heterocycles. The number of rotatable bonds is 10. The van der Waals surface area contributed by atoms with E-state index in [9.17, 15) is 14.4 Å². The standard InChI is InChI=1S/C29H39N7O7/c1-4-36-22(14-18(2)34-36)26(38)33-27-32-21-15-19(25(30)37)16-23(40-3)24(21)35(27)10-5-9-31-28(39)43-20-6-11-42-29(17-20)7-12-41-13-8-29/h14-16,20H,4-13,17H2,1-3H3,(H2,30,37)(H,31,39)(H,32,33,38). The molecule has 1 spiro atoms. The van der Waals surface area contributed by atoms with Gasteiger partial charge >= 0.3 is 6.09 Å². The van der Waals surface area contributed by atoms with E-state index in [0.717, 1.165) is 18.5 Å². The predicted molar refractivity (Wildman–Crippen MR) is 156 cm³/mol. The van der Waals surface area contributed by atoms with Gasteiger partial charge in [-0.3, -0.25) is 19.6 Å². The Bertz CT molecular complexity index is 1490. The SMILES string of the molecule is CCn1nc(C)cc1C(=O)Nc1nc2cc(C(N)=O)cc(OC)c2n1CCCNC(=O)OC1CCOC2(CCOCC2)C1. The van der Waals surface area contributed by atoms with E-state index in [2.05, 4.69) is 20.7 Å². The zero-order valence-electron chi connectivity index (χ0n) is 24.8. The Balaban J connectivity index is 1.28. The van der Waals surface area contributed by atoms with Crippen molar-refractivity contribution < 1.29 is 33.3 Å². The van der Waals surface area contributed by atoms with Gasteiger partial charge in [-0.1, -0.05) is 0 Å². The van der Waals surface area contributed by atoms with E-state index in [0.29, 0.717) is 81.2 Å². The highest BCUT2D eigenvalue weighted by Crippen LogP contribution is 2.35. The number of nitrogens with two attached hydrogens (primary N) is 1. The molecule has 2 aliphatic rings. The smallest absolute Gasteiger partial charge is 0.407 e. The van der Waals surface area contributed by atoms with Crippen molar-refractivity contribution in [3.8, 4) is 5.75 Å². The Morgan fingerprint density at radius 1 is 1.19 bits per heavy atom. The molecule has 4 N–H and O–H groups in total. The van der Waals surface area contributed by atoms with Gasteiger partial charge in [-0.2, -0.15) is 5.10 Å². The maximum Gasteiger partial charge on any atom is 0.407 e. The van der Waals surface area contributed by atoms with Gasteiger partial charge in [0.1, 0.15) is 23.1 Å². The molecule has 2 saturated heterocycles. The molecule has 0 saturated carbocycles. The number of fused-ring (bicyclic) bond motifs is 1. The second-order valence-electron chi connectivity index (χ2n) is 10.9. The maximum absolute atomic E-state index is 13.3. The third-order valence-corrected chi connectivity index (χ3v) is 7.92. The van der Waals surface area contributed by atoms with Crippen LogP contribution in [0.5, 0.6) is 5.75 Å². The Hall–Kier alpha value is -4.17. The summed E-state index contributed by atoms with van der Waals surface area (Å²) in [6, 6.07) is 4.80. The van der Waals surface area contributed by atoms with Crippen LogP contribution < -0.4 is 21.1 Å². The lowest BCUT2D eigenvalue weighted by atomic mass is 9.85. The first-order valence-electron chi connectivity index (χ1n) is 14.6. The molecule has 1 atom stereocenters. The van der Waals surface area contributed by atoms with Gasteiger partial charge in [0.2, 0.25) is 11.9 Å². The highest BCUT2D eigenvalue weighted by Gasteiger charge is 2.40. The Labute approximate surface area is 249 Å². The lowest BCUT2D eigenvalue weighted by Crippen LogP contribution is -2.47. The Kier molecular flexibility index (Phi) is 9.16. The summed E-state index contributed by atoms with van der Waals surface area (Å²) in [5, 5.41) is 10.1. The van der Waals surface area contributed by atoms with Gasteiger partial charge in [0.25, 0.3) is 5.91 Å². The number of nitrogens with one attached hydrogen (secondary N) is 2. The van der Waals surface area contributed by atoms with Crippen molar-refractivity contribution in [1.82, 2.24) is 24.6 Å². The van der Waals surface area contributed by atoms with Gasteiger partial charge in [0, 0.05) is 51.3 Å². The largest absolute Gasteiger partial charge is 0.494 e. The molecule has 2 fully saturated rings. The van der Waals surface area contributed by atoms with Crippen LogP contribution in [0.4, 0.5) is 10.7 Å². The normalized spacial score (nSPS) is 18.0. The quantitative estimate of drug-likeness (QED) is 0.297. The molecule has 5 rings (SSSR count). The topological polar surface area (TPSA) is 174 Å². The number of aryl methyl sites for hydroxylation is 3. The molecule has 3 amide bonds. The number of imidazole rings is 1. The summed E-state index contributed by atoms with van der Waals surface area (Å²) < 4.78 is 26.2. The van der Waals surface area contributed by atoms with Crippen molar-refractivity contribution in [2.45, 2.75) is 70.7 Å². The van der Waals surface area contributed by atoms with Crippen LogP contribution in [0.2, 0.25) is 0 Å². The number of ether oxygens (including phenoxy) is 4. The minimum absolute atomic E-state index is 0.213. The zero-order valence-corrected chi connectivity index (χ0v) is 24.8. The molecule has 43 heavy (non-hydrogen) atoms. The summed E-state index contributed by atoms with van der Waals surface area (Å²) in [6.07, 6.45) is 2.72. The van der Waals surface area contributed by atoms with Crippen LogP contribution >= 0.6 is 0 Å². The highest BCUT2D eigenvalue weighted by atomic mass is 16.6. The van der Waals surface area contributed by atoms with Crippen molar-refractivity contribution in [1.29, 1.82) is 0 Å². The summed E-state index contributed by atoms with van der Waals surface area (Å²) in [4.78, 5) is 42.4. The summed E-state index contributed by atoms with van der Waals surface area (Å²) in [5.74, 6) is -0.373. The molecule has 0 aliphatic carbocycles. The van der Waals surface area contributed by atoms with Crippen molar-refractivity contribution >= 4 is 34.9 Å². The lowest BCUT2D eigenvalue weighted by molar-refractivity contribution is -0.159. The number of alkyl carbamates (subject to hydrolysis) is 1. The van der Waals surface area contributed by atoms with Crippen LogP contribution in [0.3, 0.4) is 0 Å². The van der Waals surface area contributed by atoms with Crippen molar-refractivity contribution in [2.75, 3.05) is 38.8 Å². The number of nitrogens with zero attached hydrogens (tertiary/aromatic N) is 4. The Morgan fingerprint density at radius 2 is 1.98 bits per heavy atom. The molecule has 2 aromatic heterocycles. The second kappa shape index (κ2) is 13.0. The maximum atomic E-state index is 13.3. The fourth-order valence-electron chi connectivity index (χ4n) is 5.77. The van der Waals surface area contributed by atoms with Crippen molar-refractivity contribution in [2.24, 2.45) is 5.73 Å². The molecule has 14 nitrogen and oxygen atoms in total. The molecule has 0 bridgehead atoms. The van der Waals surface area contributed by atoms with Crippen LogP contribution in [0.25, 0.3) is 11.0 Å². The molecule has 1 aromatic carbocycles. The average Bonchev–Trinajstić information content (AvgIpc) is 3.54. The number of carbonyl (C=O) groups excluding carboxylic acids is 3. The third-order valence-electron chi connectivity index (χ3n) is 7.92. The number of methoxy groups -OCH3 is 1. The summed E-state index contributed by atoms with van der Waals surface area (Å²) in [7, 11) is 1.48. The summed E-state index contributed by atoms with van der Waals surface area (Å²) in [5.41, 5.74) is 7.60. The van der Waals surface area contributed by atoms with Crippen LogP contribution in [-0.4, -0.2) is 82.4 Å². The first-order valence-corrected chi connectivity index (χ1v) is 14.6. The van der Waals surface area contributed by atoms with E-state index in [1.54, 1.807) is 27.4 Å². The van der Waals surface area contributed by atoms with Crippen molar-refractivity contribution in [3.05, 3.63) is 35.2 Å². The fourth-order valence-corrected chi connectivity index (χ4v) is 5.77. The summed E-state index contributed by atoms with van der Waals surface area (Å²) in [6.45, 7) is 6.78. The molecule has 232 valence electrons. The molecule has 14 heteroatoms. The van der Waals surface area contributed by atoms with E-state index < -0.39 is 12.0 Å². The predicted octanol–water partition coefficient (Wildman–Crippen LogP) is 2.77. The molecular weight excluding hydrogens is 558 g/mol. The van der Waals surface area contributed by atoms with Gasteiger partial charge in [-0.15, -0.1) is 0 Å². The number of benzene rings is 1. The number of primary amides is 1. The van der Waals surface area contributed by atoms with Gasteiger partial charge in [0.15, 0.2) is 0 Å². The summed E-state index contributed by atoms with van der Waals surface area (Å²) >= 11 is 0. The number of carbonyl (C=O) groups is 3. The Morgan fingerprint density at radius 3 is 2.70 bits per heavy atom. The minimum Gasteiger partial charge on any atom is -0.494 e. The van der Waals surface area contributed by atoms with E-state index in [1.807, 2.05) is 13.8 Å². The van der Waals surface area contributed by atoms with Crippen LogP contribution in [0.15, 0.2) is 18.2 Å².